The Morgan fingerprint density at radius 3 is 3.06 bits per heavy atom. The van der Waals surface area contributed by atoms with Crippen LogP contribution in [0.2, 0.25) is 0 Å². The van der Waals surface area contributed by atoms with Crippen LogP contribution in [-0.4, -0.2) is 32.7 Å². The number of hydrogen-bond acceptors (Lipinski definition) is 5. The first-order valence-corrected chi connectivity index (χ1v) is 5.81. The number of rotatable bonds is 6. The van der Waals surface area contributed by atoms with Crippen molar-refractivity contribution in [1.82, 2.24) is 25.4 Å². The van der Waals surface area contributed by atoms with Gasteiger partial charge in [0.15, 0.2) is 5.82 Å². The maximum atomic E-state index is 5.15. The lowest BCUT2D eigenvalue weighted by Crippen LogP contribution is -2.23. The second-order valence-corrected chi connectivity index (χ2v) is 4.16. The van der Waals surface area contributed by atoms with E-state index in [1.54, 1.807) is 12.4 Å². The molecule has 0 atom stereocenters. The van der Waals surface area contributed by atoms with Gasteiger partial charge in [-0.25, -0.2) is 4.98 Å². The van der Waals surface area contributed by atoms with Crippen molar-refractivity contribution >= 4 is 0 Å². The molecule has 2 aromatic heterocycles. The Morgan fingerprint density at radius 2 is 2.35 bits per heavy atom. The van der Waals surface area contributed by atoms with E-state index in [1.807, 2.05) is 0 Å². The molecular formula is C11H17N5O. The molecule has 2 N–H and O–H groups in total. The Hall–Kier alpha value is -1.69. The maximum absolute atomic E-state index is 5.15. The molecule has 0 radical (unpaired) electrons. The molecule has 0 bridgehead atoms. The molecule has 6 nitrogen and oxygen atoms in total. The summed E-state index contributed by atoms with van der Waals surface area (Å²) in [4.78, 5) is 11.3. The third-order valence-electron chi connectivity index (χ3n) is 2.30. The first-order chi connectivity index (χ1) is 8.25. The van der Waals surface area contributed by atoms with E-state index in [1.165, 1.54) is 0 Å². The van der Waals surface area contributed by atoms with Crippen LogP contribution in [0.3, 0.4) is 0 Å². The summed E-state index contributed by atoms with van der Waals surface area (Å²) in [5.74, 6) is 1.81. The first-order valence-electron chi connectivity index (χ1n) is 5.81. The van der Waals surface area contributed by atoms with Crippen molar-refractivity contribution in [3.05, 3.63) is 18.3 Å². The summed E-state index contributed by atoms with van der Waals surface area (Å²) in [6.45, 7) is 5.21. The molecule has 0 saturated carbocycles. The van der Waals surface area contributed by atoms with Crippen molar-refractivity contribution in [2.45, 2.75) is 32.7 Å². The van der Waals surface area contributed by atoms with Crippen LogP contribution >= 0.6 is 0 Å². The van der Waals surface area contributed by atoms with E-state index in [2.05, 4.69) is 39.3 Å². The molecule has 0 aromatic carbocycles. The molecule has 6 heteroatoms. The Labute approximate surface area is 99.8 Å². The predicted molar refractivity (Wildman–Crippen MR) is 63.3 cm³/mol. The second-order valence-electron chi connectivity index (χ2n) is 4.16. The van der Waals surface area contributed by atoms with Crippen LogP contribution in [0.1, 0.15) is 26.2 Å². The van der Waals surface area contributed by atoms with Crippen molar-refractivity contribution in [1.29, 1.82) is 0 Å². The molecule has 0 spiro atoms. The lowest BCUT2D eigenvalue weighted by Gasteiger charge is -2.05. The molecule has 2 heterocycles. The van der Waals surface area contributed by atoms with E-state index in [0.29, 0.717) is 23.6 Å². The van der Waals surface area contributed by atoms with Gasteiger partial charge >= 0.3 is 0 Å². The monoisotopic (exact) mass is 235 g/mol. The minimum Gasteiger partial charge on any atom is -0.342 e. The number of H-pyrrole nitrogens is 1. The molecule has 0 aliphatic carbocycles. The Morgan fingerprint density at radius 1 is 1.47 bits per heavy atom. The summed E-state index contributed by atoms with van der Waals surface area (Å²) in [6.07, 6.45) is 5.17. The van der Waals surface area contributed by atoms with Crippen LogP contribution in [0.15, 0.2) is 16.9 Å². The Balaban J connectivity index is 1.83. The van der Waals surface area contributed by atoms with Crippen LogP contribution in [-0.2, 0) is 6.42 Å². The number of nitrogens with one attached hydrogen (secondary N) is 2. The highest BCUT2D eigenvalue weighted by Gasteiger charge is 2.09. The standard InChI is InChI=1S/C11H17N5O/c1-8(2)12-5-3-4-9-15-11(16-17-9)10-13-6-7-14-10/h6-8,12H,3-5H2,1-2H3,(H,13,14). The number of hydrogen-bond donors (Lipinski definition) is 2. The lowest BCUT2D eigenvalue weighted by atomic mass is 10.3. The number of aryl methyl sites for hydroxylation is 1. The van der Waals surface area contributed by atoms with E-state index in [-0.39, 0.29) is 0 Å². The lowest BCUT2D eigenvalue weighted by molar-refractivity contribution is 0.374. The molecule has 0 amide bonds. The predicted octanol–water partition coefficient (Wildman–Crippen LogP) is 1.39. The zero-order chi connectivity index (χ0) is 12.1. The highest BCUT2D eigenvalue weighted by atomic mass is 16.5. The van der Waals surface area contributed by atoms with Gasteiger partial charge in [0.2, 0.25) is 11.7 Å². The normalized spacial score (nSPS) is 11.2. The second kappa shape index (κ2) is 5.58. The van der Waals surface area contributed by atoms with Gasteiger partial charge in [-0.15, -0.1) is 0 Å². The largest absolute Gasteiger partial charge is 0.342 e. The number of aromatic nitrogens is 4. The summed E-state index contributed by atoms with van der Waals surface area (Å²) in [5, 5.41) is 7.21. The van der Waals surface area contributed by atoms with Crippen LogP contribution in [0.4, 0.5) is 0 Å². The minimum atomic E-state index is 0.511. The van der Waals surface area contributed by atoms with Crippen LogP contribution in [0.5, 0.6) is 0 Å². The third kappa shape index (κ3) is 3.39. The number of imidazole rings is 1. The van der Waals surface area contributed by atoms with Gasteiger partial charge in [-0.05, 0) is 13.0 Å². The van der Waals surface area contributed by atoms with Gasteiger partial charge in [0.1, 0.15) is 0 Å². The SMILES string of the molecule is CC(C)NCCCc1nc(-c2ncc[nH]2)no1. The molecule has 2 aromatic rings. The van der Waals surface area contributed by atoms with Gasteiger partial charge in [0.25, 0.3) is 0 Å². The summed E-state index contributed by atoms with van der Waals surface area (Å²) in [5.41, 5.74) is 0. The van der Waals surface area contributed by atoms with E-state index in [4.69, 9.17) is 4.52 Å². The van der Waals surface area contributed by atoms with Crippen molar-refractivity contribution in [3.8, 4) is 11.6 Å². The van der Waals surface area contributed by atoms with Crippen molar-refractivity contribution in [3.63, 3.8) is 0 Å². The topological polar surface area (TPSA) is 79.6 Å². The quantitative estimate of drug-likeness (QED) is 0.740. The molecule has 0 aliphatic rings. The fourth-order valence-corrected chi connectivity index (χ4v) is 1.47. The zero-order valence-corrected chi connectivity index (χ0v) is 10.1. The smallest absolute Gasteiger partial charge is 0.238 e. The van der Waals surface area contributed by atoms with Crippen LogP contribution in [0.25, 0.3) is 11.6 Å². The number of aromatic amines is 1. The zero-order valence-electron chi connectivity index (χ0n) is 10.1. The third-order valence-corrected chi connectivity index (χ3v) is 2.30. The first kappa shape index (κ1) is 11.8. The Kier molecular flexibility index (Phi) is 3.87. The minimum absolute atomic E-state index is 0.511. The Bertz CT molecular complexity index is 434. The molecular weight excluding hydrogens is 218 g/mol. The van der Waals surface area contributed by atoms with Gasteiger partial charge in [-0.3, -0.25) is 0 Å². The van der Waals surface area contributed by atoms with Crippen molar-refractivity contribution in [2.75, 3.05) is 6.54 Å². The van der Waals surface area contributed by atoms with Gasteiger partial charge in [-0.2, -0.15) is 4.98 Å². The molecule has 0 unspecified atom stereocenters. The summed E-state index contributed by atoms with van der Waals surface area (Å²) >= 11 is 0. The fraction of sp³-hybridized carbons (Fsp3) is 0.545. The van der Waals surface area contributed by atoms with Gasteiger partial charge in [-0.1, -0.05) is 19.0 Å². The van der Waals surface area contributed by atoms with Crippen LogP contribution in [0, 0.1) is 0 Å². The summed E-state index contributed by atoms with van der Waals surface area (Å²) in [6, 6.07) is 0.511. The average molecular weight is 235 g/mol. The van der Waals surface area contributed by atoms with E-state index >= 15 is 0 Å². The molecule has 92 valence electrons. The van der Waals surface area contributed by atoms with Gasteiger partial charge < -0.3 is 14.8 Å². The number of nitrogens with zero attached hydrogens (tertiary/aromatic N) is 3. The van der Waals surface area contributed by atoms with Crippen LogP contribution < -0.4 is 5.32 Å². The highest BCUT2D eigenvalue weighted by Crippen LogP contribution is 2.10. The van der Waals surface area contributed by atoms with E-state index in [0.717, 1.165) is 19.4 Å². The molecule has 2 rings (SSSR count). The van der Waals surface area contributed by atoms with Crippen molar-refractivity contribution < 1.29 is 4.52 Å². The molecule has 0 aliphatic heterocycles. The molecule has 17 heavy (non-hydrogen) atoms. The average Bonchev–Trinajstić information content (AvgIpc) is 2.94. The van der Waals surface area contributed by atoms with Crippen molar-refractivity contribution in [2.24, 2.45) is 0 Å². The summed E-state index contributed by atoms with van der Waals surface area (Å²) in [7, 11) is 0. The maximum Gasteiger partial charge on any atom is 0.238 e. The van der Waals surface area contributed by atoms with E-state index < -0.39 is 0 Å². The molecule has 0 saturated heterocycles. The fourth-order valence-electron chi connectivity index (χ4n) is 1.47. The molecule has 0 fully saturated rings. The van der Waals surface area contributed by atoms with E-state index in [9.17, 15) is 0 Å². The van der Waals surface area contributed by atoms with Gasteiger partial charge in [0, 0.05) is 24.9 Å². The summed E-state index contributed by atoms with van der Waals surface area (Å²) < 4.78 is 5.15. The highest BCUT2D eigenvalue weighted by molar-refractivity contribution is 5.40. The van der Waals surface area contributed by atoms with Gasteiger partial charge in [0.05, 0.1) is 0 Å².